The van der Waals surface area contributed by atoms with E-state index in [2.05, 4.69) is 51.3 Å². The standard InChI is InChI=1S/C22H34N4O2/c1-17-8-12-25(13-9-17)20-6-4-18(5-7-20)16-24-22(23-2)26-14-10-19(11-15-26)21(27)28-3/h4-7,17,19H,8-16H2,1-3H3,(H,23,24). The summed E-state index contributed by atoms with van der Waals surface area (Å²) in [5.74, 6) is 1.68. The van der Waals surface area contributed by atoms with Gasteiger partial charge in [0.05, 0.1) is 13.0 Å². The van der Waals surface area contributed by atoms with Gasteiger partial charge in [-0.1, -0.05) is 19.1 Å². The fourth-order valence-corrected chi connectivity index (χ4v) is 4.10. The van der Waals surface area contributed by atoms with Gasteiger partial charge in [0.1, 0.15) is 0 Å². The van der Waals surface area contributed by atoms with Crippen LogP contribution >= 0.6 is 0 Å². The van der Waals surface area contributed by atoms with Crippen LogP contribution in [-0.4, -0.2) is 57.2 Å². The number of hydrogen-bond acceptors (Lipinski definition) is 4. The molecule has 1 aromatic rings. The predicted octanol–water partition coefficient (Wildman–Crippen LogP) is 2.88. The number of ether oxygens (including phenoxy) is 1. The van der Waals surface area contributed by atoms with E-state index in [1.54, 1.807) is 0 Å². The van der Waals surface area contributed by atoms with Crippen molar-refractivity contribution in [1.29, 1.82) is 0 Å². The molecule has 2 aliphatic heterocycles. The second-order valence-corrected chi connectivity index (χ2v) is 8.02. The molecule has 0 radical (unpaired) electrons. The van der Waals surface area contributed by atoms with Crippen molar-refractivity contribution in [2.75, 3.05) is 45.2 Å². The number of nitrogens with zero attached hydrogens (tertiary/aromatic N) is 3. The SMILES string of the molecule is CN=C(NCc1ccc(N2CCC(C)CC2)cc1)N1CCC(C(=O)OC)CC1. The van der Waals surface area contributed by atoms with E-state index in [0.29, 0.717) is 0 Å². The Labute approximate surface area is 168 Å². The lowest BCUT2D eigenvalue weighted by molar-refractivity contribution is -0.146. The Morgan fingerprint density at radius 2 is 1.75 bits per heavy atom. The van der Waals surface area contributed by atoms with Gasteiger partial charge < -0.3 is 19.9 Å². The Kier molecular flexibility index (Phi) is 7.18. The fraction of sp³-hybridized carbons (Fsp3) is 0.636. The molecule has 154 valence electrons. The number of likely N-dealkylation sites (tertiary alicyclic amines) is 1. The number of benzene rings is 1. The maximum Gasteiger partial charge on any atom is 0.308 e. The van der Waals surface area contributed by atoms with E-state index in [4.69, 9.17) is 4.74 Å². The molecular weight excluding hydrogens is 352 g/mol. The third-order valence-corrected chi connectivity index (χ3v) is 6.08. The summed E-state index contributed by atoms with van der Waals surface area (Å²) in [5.41, 5.74) is 2.57. The summed E-state index contributed by atoms with van der Waals surface area (Å²) >= 11 is 0. The fourth-order valence-electron chi connectivity index (χ4n) is 4.10. The van der Waals surface area contributed by atoms with E-state index in [9.17, 15) is 4.79 Å². The Hall–Kier alpha value is -2.24. The Balaban J connectivity index is 1.48. The van der Waals surface area contributed by atoms with E-state index in [-0.39, 0.29) is 11.9 Å². The first kappa shape index (κ1) is 20.5. The van der Waals surface area contributed by atoms with Gasteiger partial charge in [-0.05, 0) is 49.3 Å². The van der Waals surface area contributed by atoms with Gasteiger partial charge in [-0.3, -0.25) is 9.79 Å². The Morgan fingerprint density at radius 1 is 1.11 bits per heavy atom. The number of aliphatic imine (C=N–C) groups is 1. The zero-order chi connectivity index (χ0) is 19.9. The van der Waals surface area contributed by atoms with Gasteiger partial charge in [0, 0.05) is 45.5 Å². The number of hydrogen-bond donors (Lipinski definition) is 1. The van der Waals surface area contributed by atoms with Gasteiger partial charge >= 0.3 is 5.97 Å². The number of carbonyl (C=O) groups excluding carboxylic acids is 1. The molecule has 2 aliphatic rings. The molecule has 0 unspecified atom stereocenters. The molecule has 28 heavy (non-hydrogen) atoms. The molecule has 3 rings (SSSR count). The average molecular weight is 387 g/mol. The second kappa shape index (κ2) is 9.80. The van der Waals surface area contributed by atoms with Crippen molar-refractivity contribution in [3.63, 3.8) is 0 Å². The number of esters is 1. The second-order valence-electron chi connectivity index (χ2n) is 8.02. The highest BCUT2D eigenvalue weighted by Crippen LogP contribution is 2.23. The van der Waals surface area contributed by atoms with Gasteiger partial charge in [0.25, 0.3) is 0 Å². The lowest BCUT2D eigenvalue weighted by Crippen LogP contribution is -2.46. The largest absolute Gasteiger partial charge is 0.469 e. The highest BCUT2D eigenvalue weighted by molar-refractivity contribution is 5.80. The van der Waals surface area contributed by atoms with Gasteiger partial charge in [-0.25, -0.2) is 0 Å². The van der Waals surface area contributed by atoms with E-state index in [1.165, 1.54) is 31.2 Å². The van der Waals surface area contributed by atoms with Crippen LogP contribution in [0, 0.1) is 11.8 Å². The molecule has 0 amide bonds. The highest BCUT2D eigenvalue weighted by atomic mass is 16.5. The van der Waals surface area contributed by atoms with Crippen molar-refractivity contribution < 1.29 is 9.53 Å². The summed E-state index contributed by atoms with van der Waals surface area (Å²) in [6.45, 7) is 7.06. The number of anilines is 1. The smallest absolute Gasteiger partial charge is 0.308 e. The summed E-state index contributed by atoms with van der Waals surface area (Å²) in [4.78, 5) is 20.8. The number of piperidine rings is 2. The summed E-state index contributed by atoms with van der Waals surface area (Å²) in [6.07, 6.45) is 4.20. The minimum absolute atomic E-state index is 0.0182. The summed E-state index contributed by atoms with van der Waals surface area (Å²) in [6, 6.07) is 8.88. The maximum atomic E-state index is 11.7. The zero-order valence-electron chi connectivity index (χ0n) is 17.5. The first-order chi connectivity index (χ1) is 13.6. The van der Waals surface area contributed by atoms with Crippen molar-refractivity contribution in [1.82, 2.24) is 10.2 Å². The van der Waals surface area contributed by atoms with E-state index in [1.807, 2.05) is 7.05 Å². The average Bonchev–Trinajstić information content (AvgIpc) is 2.75. The third kappa shape index (κ3) is 5.18. The molecule has 1 aromatic carbocycles. The van der Waals surface area contributed by atoms with Crippen LogP contribution in [0.5, 0.6) is 0 Å². The quantitative estimate of drug-likeness (QED) is 0.490. The highest BCUT2D eigenvalue weighted by Gasteiger charge is 2.26. The van der Waals surface area contributed by atoms with Crippen molar-refractivity contribution in [3.8, 4) is 0 Å². The normalized spacial score (nSPS) is 19.6. The molecule has 1 N–H and O–H groups in total. The van der Waals surface area contributed by atoms with E-state index >= 15 is 0 Å². The van der Waals surface area contributed by atoms with Crippen LogP contribution in [0.1, 0.15) is 38.2 Å². The molecule has 6 nitrogen and oxygen atoms in total. The molecular formula is C22H34N4O2. The third-order valence-electron chi connectivity index (χ3n) is 6.08. The van der Waals surface area contributed by atoms with Gasteiger partial charge in [0.2, 0.25) is 0 Å². The Morgan fingerprint density at radius 3 is 2.32 bits per heavy atom. The van der Waals surface area contributed by atoms with Crippen molar-refractivity contribution >= 4 is 17.6 Å². The molecule has 0 saturated carbocycles. The van der Waals surface area contributed by atoms with Crippen LogP contribution in [0.25, 0.3) is 0 Å². The van der Waals surface area contributed by atoms with E-state index < -0.39 is 0 Å². The number of carbonyl (C=O) groups is 1. The first-order valence-corrected chi connectivity index (χ1v) is 10.5. The minimum atomic E-state index is -0.0918. The molecule has 2 fully saturated rings. The molecule has 2 saturated heterocycles. The van der Waals surface area contributed by atoms with Crippen LogP contribution in [0.3, 0.4) is 0 Å². The molecule has 0 aliphatic carbocycles. The predicted molar refractivity (Wildman–Crippen MR) is 114 cm³/mol. The van der Waals surface area contributed by atoms with Crippen LogP contribution in [0.15, 0.2) is 29.3 Å². The van der Waals surface area contributed by atoms with Crippen LogP contribution in [0.4, 0.5) is 5.69 Å². The van der Waals surface area contributed by atoms with E-state index in [0.717, 1.165) is 57.4 Å². The maximum absolute atomic E-state index is 11.7. The molecule has 0 aromatic heterocycles. The molecule has 2 heterocycles. The monoisotopic (exact) mass is 386 g/mol. The molecule has 6 heteroatoms. The minimum Gasteiger partial charge on any atom is -0.469 e. The van der Waals surface area contributed by atoms with Crippen molar-refractivity contribution in [2.45, 2.75) is 39.2 Å². The van der Waals surface area contributed by atoms with Crippen LogP contribution in [-0.2, 0) is 16.1 Å². The summed E-state index contributed by atoms with van der Waals surface area (Å²) < 4.78 is 4.87. The van der Waals surface area contributed by atoms with Gasteiger partial charge in [-0.15, -0.1) is 0 Å². The van der Waals surface area contributed by atoms with Crippen molar-refractivity contribution in [2.24, 2.45) is 16.8 Å². The van der Waals surface area contributed by atoms with Gasteiger partial charge in [-0.2, -0.15) is 0 Å². The number of methoxy groups -OCH3 is 1. The number of nitrogens with one attached hydrogen (secondary N) is 1. The lowest BCUT2D eigenvalue weighted by Gasteiger charge is -2.33. The summed E-state index contributed by atoms with van der Waals surface area (Å²) in [7, 11) is 3.28. The van der Waals surface area contributed by atoms with Gasteiger partial charge in [0.15, 0.2) is 5.96 Å². The molecule has 0 bridgehead atoms. The topological polar surface area (TPSA) is 57.2 Å². The summed E-state index contributed by atoms with van der Waals surface area (Å²) in [5, 5.41) is 3.46. The van der Waals surface area contributed by atoms with Crippen LogP contribution in [0.2, 0.25) is 0 Å². The lowest BCUT2D eigenvalue weighted by atomic mass is 9.97. The zero-order valence-corrected chi connectivity index (χ0v) is 17.5. The van der Waals surface area contributed by atoms with Crippen molar-refractivity contribution in [3.05, 3.63) is 29.8 Å². The number of guanidine groups is 1. The Bertz CT molecular complexity index is 658. The first-order valence-electron chi connectivity index (χ1n) is 10.5. The number of rotatable bonds is 4. The molecule has 0 spiro atoms. The van der Waals surface area contributed by atoms with Crippen LogP contribution < -0.4 is 10.2 Å². The molecule has 0 atom stereocenters.